The fraction of sp³-hybridized carbons (Fsp3) is 0.464. The van der Waals surface area contributed by atoms with E-state index in [1.807, 2.05) is 59.2 Å². The van der Waals surface area contributed by atoms with E-state index in [9.17, 15) is 14.4 Å². The van der Waals surface area contributed by atoms with E-state index in [2.05, 4.69) is 17.0 Å². The fourth-order valence-corrected chi connectivity index (χ4v) is 5.53. The number of likely N-dealkylation sites (tertiary alicyclic amines) is 1. The number of nitrogens with zero attached hydrogens (tertiary/aromatic N) is 4. The summed E-state index contributed by atoms with van der Waals surface area (Å²) in [5.41, 5.74) is 3.20. The topological polar surface area (TPSA) is 64.2 Å². The van der Waals surface area contributed by atoms with Crippen LogP contribution in [0.15, 0.2) is 54.6 Å². The van der Waals surface area contributed by atoms with Crippen molar-refractivity contribution in [3.8, 4) is 0 Å². The number of piperidine rings is 1. The molecule has 3 heterocycles. The summed E-state index contributed by atoms with van der Waals surface area (Å²) < 4.78 is 0. The number of carbonyl (C=O) groups is 3. The normalized spacial score (nSPS) is 21.5. The SMILES string of the molecule is Cc1ccc(N2CC(C(=O)N3CCC(C(=O)N4CCN(c5ccccc5)CC4)CC3)CC2=O)cc1. The summed E-state index contributed by atoms with van der Waals surface area (Å²) in [5, 5.41) is 0. The second-order valence-corrected chi connectivity index (χ2v) is 9.99. The van der Waals surface area contributed by atoms with Crippen molar-refractivity contribution in [2.75, 3.05) is 55.6 Å². The Bertz CT molecular complexity index is 1060. The van der Waals surface area contributed by atoms with Gasteiger partial charge >= 0.3 is 0 Å². The van der Waals surface area contributed by atoms with Gasteiger partial charge in [-0.1, -0.05) is 35.9 Å². The lowest BCUT2D eigenvalue weighted by molar-refractivity contribution is -0.142. The lowest BCUT2D eigenvalue weighted by atomic mass is 9.93. The van der Waals surface area contributed by atoms with Gasteiger partial charge in [-0.3, -0.25) is 14.4 Å². The van der Waals surface area contributed by atoms with Gasteiger partial charge in [0.15, 0.2) is 0 Å². The monoisotopic (exact) mass is 474 g/mol. The van der Waals surface area contributed by atoms with E-state index in [1.54, 1.807) is 4.90 Å². The minimum atomic E-state index is -0.304. The van der Waals surface area contributed by atoms with Gasteiger partial charge in [-0.15, -0.1) is 0 Å². The Morgan fingerprint density at radius 3 is 1.97 bits per heavy atom. The number of rotatable bonds is 4. The minimum absolute atomic E-state index is 0.00640. The van der Waals surface area contributed by atoms with Crippen molar-refractivity contribution in [3.63, 3.8) is 0 Å². The van der Waals surface area contributed by atoms with Crippen LogP contribution in [0.5, 0.6) is 0 Å². The van der Waals surface area contributed by atoms with Crippen molar-refractivity contribution in [2.24, 2.45) is 11.8 Å². The highest BCUT2D eigenvalue weighted by Crippen LogP contribution is 2.29. The maximum atomic E-state index is 13.2. The predicted molar refractivity (Wildman–Crippen MR) is 136 cm³/mol. The van der Waals surface area contributed by atoms with Gasteiger partial charge in [0.1, 0.15) is 0 Å². The molecular formula is C28H34N4O3. The van der Waals surface area contributed by atoms with Crippen LogP contribution in [0.25, 0.3) is 0 Å². The van der Waals surface area contributed by atoms with Crippen molar-refractivity contribution in [1.29, 1.82) is 0 Å². The zero-order valence-electron chi connectivity index (χ0n) is 20.4. The average Bonchev–Trinajstić information content (AvgIpc) is 3.30. The Morgan fingerprint density at radius 2 is 1.31 bits per heavy atom. The zero-order chi connectivity index (χ0) is 24.4. The number of amides is 3. The fourth-order valence-electron chi connectivity index (χ4n) is 5.53. The van der Waals surface area contributed by atoms with Crippen molar-refractivity contribution in [2.45, 2.75) is 26.2 Å². The van der Waals surface area contributed by atoms with E-state index in [0.717, 1.165) is 37.4 Å². The summed E-state index contributed by atoms with van der Waals surface area (Å²) in [6.45, 7) is 6.81. The highest BCUT2D eigenvalue weighted by atomic mass is 16.2. The quantitative estimate of drug-likeness (QED) is 0.684. The zero-order valence-corrected chi connectivity index (χ0v) is 20.4. The van der Waals surface area contributed by atoms with Gasteiger partial charge in [-0.2, -0.15) is 0 Å². The van der Waals surface area contributed by atoms with Crippen LogP contribution < -0.4 is 9.80 Å². The second kappa shape index (κ2) is 10.1. The number of anilines is 2. The van der Waals surface area contributed by atoms with E-state index < -0.39 is 0 Å². The molecule has 0 spiro atoms. The molecule has 3 amide bonds. The van der Waals surface area contributed by atoms with Gasteiger partial charge in [-0.25, -0.2) is 0 Å². The number of benzene rings is 2. The van der Waals surface area contributed by atoms with Crippen molar-refractivity contribution in [3.05, 3.63) is 60.2 Å². The number of aryl methyl sites for hydroxylation is 1. The Kier molecular flexibility index (Phi) is 6.75. The predicted octanol–water partition coefficient (Wildman–Crippen LogP) is 2.94. The first-order chi connectivity index (χ1) is 17.0. The molecule has 1 unspecified atom stereocenters. The Balaban J connectivity index is 1.10. The molecule has 2 aromatic carbocycles. The minimum Gasteiger partial charge on any atom is -0.368 e. The molecule has 35 heavy (non-hydrogen) atoms. The molecule has 0 N–H and O–H groups in total. The number of hydrogen-bond acceptors (Lipinski definition) is 4. The Morgan fingerprint density at radius 1 is 0.714 bits per heavy atom. The molecular weight excluding hydrogens is 440 g/mol. The van der Waals surface area contributed by atoms with Crippen molar-refractivity contribution in [1.82, 2.24) is 9.80 Å². The maximum Gasteiger partial charge on any atom is 0.228 e. The molecule has 0 aromatic heterocycles. The Hall–Kier alpha value is -3.35. The number of hydrogen-bond donors (Lipinski definition) is 0. The van der Waals surface area contributed by atoms with Crippen LogP contribution in [-0.4, -0.2) is 73.3 Å². The van der Waals surface area contributed by atoms with Crippen LogP contribution in [0.2, 0.25) is 0 Å². The van der Waals surface area contributed by atoms with E-state index in [4.69, 9.17) is 0 Å². The highest BCUT2D eigenvalue weighted by molar-refractivity contribution is 6.00. The first-order valence-corrected chi connectivity index (χ1v) is 12.7. The summed E-state index contributed by atoms with van der Waals surface area (Å²) >= 11 is 0. The van der Waals surface area contributed by atoms with Crippen LogP contribution in [-0.2, 0) is 14.4 Å². The molecule has 0 bridgehead atoms. The largest absolute Gasteiger partial charge is 0.368 e. The lowest BCUT2D eigenvalue weighted by Crippen LogP contribution is -2.52. The van der Waals surface area contributed by atoms with Crippen LogP contribution in [0, 0.1) is 18.8 Å². The van der Waals surface area contributed by atoms with Gasteiger partial charge in [0.2, 0.25) is 17.7 Å². The smallest absolute Gasteiger partial charge is 0.228 e. The van der Waals surface area contributed by atoms with Gasteiger partial charge in [0.05, 0.1) is 5.92 Å². The second-order valence-electron chi connectivity index (χ2n) is 9.99. The summed E-state index contributed by atoms with van der Waals surface area (Å²) in [7, 11) is 0. The summed E-state index contributed by atoms with van der Waals surface area (Å²) in [5.74, 6) is -0.0349. The standard InChI is InChI=1S/C28H34N4O3/c1-21-7-9-25(10-8-21)32-20-23(19-26(32)33)28(35)30-13-11-22(12-14-30)27(34)31-17-15-29(16-18-31)24-5-3-2-4-6-24/h2-10,22-23H,11-20H2,1H3. The van der Waals surface area contributed by atoms with Crippen LogP contribution in [0.3, 0.4) is 0 Å². The van der Waals surface area contributed by atoms with Crippen LogP contribution in [0.1, 0.15) is 24.8 Å². The van der Waals surface area contributed by atoms with Gasteiger partial charge in [0.25, 0.3) is 0 Å². The number of para-hydroxylation sites is 1. The Labute approximate surface area is 207 Å². The molecule has 7 heteroatoms. The molecule has 3 aliphatic rings. The van der Waals surface area contributed by atoms with Gasteiger partial charge < -0.3 is 19.6 Å². The molecule has 7 nitrogen and oxygen atoms in total. The van der Waals surface area contributed by atoms with Crippen molar-refractivity contribution >= 4 is 29.1 Å². The average molecular weight is 475 g/mol. The van der Waals surface area contributed by atoms with Gasteiger partial charge in [-0.05, 0) is 44.0 Å². The third kappa shape index (κ3) is 5.04. The molecule has 3 saturated heterocycles. The molecule has 5 rings (SSSR count). The number of piperazine rings is 1. The molecule has 184 valence electrons. The third-order valence-corrected chi connectivity index (χ3v) is 7.69. The van der Waals surface area contributed by atoms with Crippen LogP contribution >= 0.6 is 0 Å². The summed E-state index contributed by atoms with van der Waals surface area (Å²) in [6.07, 6.45) is 1.66. The first-order valence-electron chi connectivity index (χ1n) is 12.7. The van der Waals surface area contributed by atoms with E-state index in [-0.39, 0.29) is 36.0 Å². The first kappa shape index (κ1) is 23.4. The van der Waals surface area contributed by atoms with Crippen molar-refractivity contribution < 1.29 is 14.4 Å². The third-order valence-electron chi connectivity index (χ3n) is 7.69. The molecule has 3 aliphatic heterocycles. The number of carbonyl (C=O) groups excluding carboxylic acids is 3. The molecule has 3 fully saturated rings. The molecule has 2 aromatic rings. The van der Waals surface area contributed by atoms with E-state index >= 15 is 0 Å². The molecule has 0 saturated carbocycles. The summed E-state index contributed by atoms with van der Waals surface area (Å²) in [4.78, 5) is 46.8. The van der Waals surface area contributed by atoms with E-state index in [0.29, 0.717) is 32.5 Å². The molecule has 0 radical (unpaired) electrons. The van der Waals surface area contributed by atoms with Crippen LogP contribution in [0.4, 0.5) is 11.4 Å². The maximum absolute atomic E-state index is 13.2. The lowest BCUT2D eigenvalue weighted by Gasteiger charge is -2.39. The van der Waals surface area contributed by atoms with Gasteiger partial charge in [0, 0.05) is 69.5 Å². The highest BCUT2D eigenvalue weighted by Gasteiger charge is 2.39. The summed E-state index contributed by atoms with van der Waals surface area (Å²) in [6, 6.07) is 18.2. The van der Waals surface area contributed by atoms with E-state index in [1.165, 1.54) is 5.69 Å². The molecule has 1 atom stereocenters. The molecule has 0 aliphatic carbocycles.